The number of rotatable bonds is 3. The number of carbonyl (C=O) groups is 1. The average molecular weight is 489 g/mol. The molecule has 0 saturated carbocycles. The third kappa shape index (κ3) is 5.59. The summed E-state index contributed by atoms with van der Waals surface area (Å²) >= 11 is 0. The first kappa shape index (κ1) is 24.2. The molecule has 0 saturated heterocycles. The van der Waals surface area contributed by atoms with Crippen molar-refractivity contribution in [2.75, 3.05) is 5.32 Å². The molecule has 2 aromatic carbocycles. The van der Waals surface area contributed by atoms with Crippen LogP contribution in [0.5, 0.6) is 0 Å². The third-order valence-corrected chi connectivity index (χ3v) is 5.14. The van der Waals surface area contributed by atoms with Crippen molar-refractivity contribution >= 4 is 34.7 Å². The smallest absolute Gasteiger partial charge is 0.390 e. The van der Waals surface area contributed by atoms with Crippen LogP contribution < -0.4 is 16.6 Å². The number of halogens is 3. The molecular weight excluding hydrogens is 471 g/mol. The molecule has 2 aromatic heterocycles. The summed E-state index contributed by atoms with van der Waals surface area (Å²) in [5.74, 6) is 5.36. The molecule has 10 heteroatoms. The second-order valence-electron chi connectivity index (χ2n) is 7.76. The predicted molar refractivity (Wildman–Crippen MR) is 131 cm³/mol. The number of nitrogens with two attached hydrogens (primary N) is 1. The Morgan fingerprint density at radius 3 is 2.67 bits per heavy atom. The largest absolute Gasteiger partial charge is 0.416 e. The number of hydrogen-bond acceptors (Lipinski definition) is 4. The van der Waals surface area contributed by atoms with Gasteiger partial charge in [-0.15, -0.1) is 0 Å². The van der Waals surface area contributed by atoms with E-state index >= 15 is 0 Å². The summed E-state index contributed by atoms with van der Waals surface area (Å²) in [6, 6.07) is 12.5. The number of benzene rings is 2. The van der Waals surface area contributed by atoms with Crippen LogP contribution in [0.25, 0.3) is 11.0 Å². The summed E-state index contributed by atoms with van der Waals surface area (Å²) in [4.78, 5) is 34.7. The number of anilines is 1. The Balaban J connectivity index is 1.61. The van der Waals surface area contributed by atoms with E-state index in [1.165, 1.54) is 18.3 Å². The molecule has 0 aliphatic carbocycles. The van der Waals surface area contributed by atoms with Gasteiger partial charge in [0.25, 0.3) is 5.91 Å². The van der Waals surface area contributed by atoms with Crippen LogP contribution >= 0.6 is 0 Å². The topological polar surface area (TPSA) is 113 Å². The summed E-state index contributed by atoms with van der Waals surface area (Å²) in [6.07, 6.45) is -2.23. The average Bonchev–Trinajstić information content (AvgIpc) is 2.83. The van der Waals surface area contributed by atoms with E-state index in [4.69, 9.17) is 5.73 Å². The van der Waals surface area contributed by atoms with Crippen LogP contribution in [0.15, 0.2) is 70.6 Å². The van der Waals surface area contributed by atoms with Crippen LogP contribution in [0.4, 0.5) is 24.5 Å². The van der Waals surface area contributed by atoms with Crippen molar-refractivity contribution in [1.29, 1.82) is 0 Å². The van der Waals surface area contributed by atoms with E-state index in [-0.39, 0.29) is 22.5 Å². The second-order valence-corrected chi connectivity index (χ2v) is 7.76. The summed E-state index contributed by atoms with van der Waals surface area (Å²) in [6.45, 7) is 1.82. The number of nitrogens with one attached hydrogen (secondary N) is 2. The number of amides is 1. The number of alkyl halides is 3. The molecule has 0 fully saturated rings. The number of H-pyrrole nitrogens is 1. The first-order chi connectivity index (χ1) is 17.1. The van der Waals surface area contributed by atoms with Crippen molar-refractivity contribution in [3.63, 3.8) is 0 Å². The van der Waals surface area contributed by atoms with Gasteiger partial charge in [0, 0.05) is 40.0 Å². The lowest BCUT2D eigenvalue weighted by atomic mass is 10.0. The molecule has 0 atom stereocenters. The van der Waals surface area contributed by atoms with E-state index in [0.717, 1.165) is 24.0 Å². The number of aryl methyl sites for hydroxylation is 1. The Hall–Kier alpha value is -4.91. The lowest BCUT2D eigenvalue weighted by molar-refractivity contribution is -0.137. The van der Waals surface area contributed by atoms with Crippen LogP contribution in [-0.2, 0) is 6.18 Å². The summed E-state index contributed by atoms with van der Waals surface area (Å²) in [5, 5.41) is 3.19. The summed E-state index contributed by atoms with van der Waals surface area (Å²) in [7, 11) is 0. The van der Waals surface area contributed by atoms with Crippen molar-refractivity contribution < 1.29 is 18.0 Å². The molecule has 0 bridgehead atoms. The van der Waals surface area contributed by atoms with Crippen LogP contribution in [0.3, 0.4) is 0 Å². The zero-order valence-electron chi connectivity index (χ0n) is 18.8. The molecule has 4 N–H and O–H groups in total. The molecular formula is C26H18F3N5O2. The first-order valence-corrected chi connectivity index (χ1v) is 10.5. The predicted octanol–water partition coefficient (Wildman–Crippen LogP) is 4.52. The quantitative estimate of drug-likeness (QED) is 0.223. The van der Waals surface area contributed by atoms with Crippen molar-refractivity contribution in [1.82, 2.24) is 9.97 Å². The molecule has 0 spiro atoms. The number of hydrogen-bond donors (Lipinski definition) is 3. The number of aromatic nitrogens is 2. The van der Waals surface area contributed by atoms with E-state index in [1.54, 1.807) is 30.3 Å². The zero-order chi connectivity index (χ0) is 25.9. The van der Waals surface area contributed by atoms with E-state index < -0.39 is 17.6 Å². The van der Waals surface area contributed by atoms with Crippen LogP contribution in [0, 0.1) is 18.8 Å². The molecule has 4 rings (SSSR count). The Bertz CT molecular complexity index is 1630. The number of aromatic amines is 1. The Kier molecular flexibility index (Phi) is 6.56. The molecule has 36 heavy (non-hydrogen) atoms. The second kappa shape index (κ2) is 9.76. The van der Waals surface area contributed by atoms with Crippen LogP contribution in [0.1, 0.15) is 32.6 Å². The summed E-state index contributed by atoms with van der Waals surface area (Å²) in [5.41, 5.74) is 6.46. The van der Waals surface area contributed by atoms with E-state index in [0.29, 0.717) is 22.2 Å². The highest BCUT2D eigenvalue weighted by atomic mass is 19.4. The van der Waals surface area contributed by atoms with Gasteiger partial charge in [0.05, 0.1) is 17.6 Å². The van der Waals surface area contributed by atoms with Crippen molar-refractivity contribution in [3.8, 4) is 11.8 Å². The maximum atomic E-state index is 13.2. The fourth-order valence-corrected chi connectivity index (χ4v) is 3.35. The number of pyridine rings is 2. The molecule has 0 aliphatic heterocycles. The standard InChI is InChI=1S/C26H18F3N5O2/c1-15-2-4-19(25(36)33-22-11-20(26(27,28)29)10-21(12-22)32-14-30)9-17(15)5-3-16-8-18-6-7-23(35)34-24(18)31-13-16/h2,4,6-14H,1H3,(H2,30,32)(H,33,36)(H,31,34,35). The van der Waals surface area contributed by atoms with Gasteiger partial charge in [0.1, 0.15) is 5.65 Å². The number of carbonyl (C=O) groups excluding carboxylic acids is 1. The number of fused-ring (bicyclic) bond motifs is 1. The monoisotopic (exact) mass is 489 g/mol. The molecule has 0 aliphatic rings. The van der Waals surface area contributed by atoms with Crippen molar-refractivity contribution in [2.45, 2.75) is 13.1 Å². The van der Waals surface area contributed by atoms with Gasteiger partial charge < -0.3 is 16.0 Å². The molecule has 0 unspecified atom stereocenters. The molecule has 7 nitrogen and oxygen atoms in total. The fraction of sp³-hybridized carbons (Fsp3) is 0.0769. The SMILES string of the molecule is Cc1ccc(C(=O)Nc2cc(N=CN)cc(C(F)(F)F)c2)cc1C#Cc1cnc2[nH]c(=O)ccc2c1. The Morgan fingerprint density at radius 1 is 1.11 bits per heavy atom. The van der Waals surface area contributed by atoms with Gasteiger partial charge in [0.2, 0.25) is 5.56 Å². The minimum absolute atomic E-state index is 0.0499. The van der Waals surface area contributed by atoms with Gasteiger partial charge in [0.15, 0.2) is 0 Å². The van der Waals surface area contributed by atoms with Gasteiger partial charge in [-0.2, -0.15) is 13.2 Å². The van der Waals surface area contributed by atoms with Crippen molar-refractivity contribution in [2.24, 2.45) is 10.7 Å². The van der Waals surface area contributed by atoms with E-state index in [2.05, 4.69) is 32.1 Å². The van der Waals surface area contributed by atoms with Crippen molar-refractivity contribution in [3.05, 3.63) is 99.0 Å². The minimum atomic E-state index is -4.63. The summed E-state index contributed by atoms with van der Waals surface area (Å²) < 4.78 is 39.7. The Labute approximate surface area is 202 Å². The van der Waals surface area contributed by atoms with Gasteiger partial charge in [-0.1, -0.05) is 17.9 Å². The fourth-order valence-electron chi connectivity index (χ4n) is 3.35. The highest BCUT2D eigenvalue weighted by molar-refractivity contribution is 6.04. The highest BCUT2D eigenvalue weighted by Gasteiger charge is 2.31. The molecule has 1 amide bonds. The van der Waals surface area contributed by atoms with Gasteiger partial charge in [-0.05, 0) is 55.0 Å². The molecule has 2 heterocycles. The highest BCUT2D eigenvalue weighted by Crippen LogP contribution is 2.34. The molecule has 180 valence electrons. The maximum absolute atomic E-state index is 13.2. The lowest BCUT2D eigenvalue weighted by Crippen LogP contribution is -2.13. The van der Waals surface area contributed by atoms with Gasteiger partial charge >= 0.3 is 6.18 Å². The molecule has 4 aromatic rings. The first-order valence-electron chi connectivity index (χ1n) is 10.5. The number of nitrogens with zero attached hydrogens (tertiary/aromatic N) is 2. The Morgan fingerprint density at radius 2 is 1.92 bits per heavy atom. The normalized spacial score (nSPS) is 11.3. The minimum Gasteiger partial charge on any atom is -0.390 e. The van der Waals surface area contributed by atoms with Crippen LogP contribution in [-0.4, -0.2) is 22.2 Å². The van der Waals surface area contributed by atoms with Crippen LogP contribution in [0.2, 0.25) is 0 Å². The van der Waals surface area contributed by atoms with Gasteiger partial charge in [-0.25, -0.2) is 9.98 Å². The lowest BCUT2D eigenvalue weighted by Gasteiger charge is -2.12. The van der Waals surface area contributed by atoms with E-state index in [1.807, 2.05) is 6.92 Å². The van der Waals surface area contributed by atoms with Gasteiger partial charge in [-0.3, -0.25) is 9.59 Å². The third-order valence-electron chi connectivity index (χ3n) is 5.14. The maximum Gasteiger partial charge on any atom is 0.416 e. The molecule has 0 radical (unpaired) electrons. The number of aliphatic imine (C=N–C) groups is 1. The zero-order valence-corrected chi connectivity index (χ0v) is 18.8. The van der Waals surface area contributed by atoms with E-state index in [9.17, 15) is 22.8 Å².